The molecule has 2 aromatic heterocycles. The van der Waals surface area contributed by atoms with Crippen molar-refractivity contribution >= 4 is 71.4 Å². The van der Waals surface area contributed by atoms with Crippen LogP contribution in [0.1, 0.15) is 0 Å². The third-order valence-corrected chi connectivity index (χ3v) is 12.3. The number of anilines is 3. The van der Waals surface area contributed by atoms with E-state index in [1.807, 2.05) is 0 Å². The van der Waals surface area contributed by atoms with Crippen LogP contribution in [0.5, 0.6) is 0 Å². The Morgan fingerprint density at radius 1 is 0.295 bits per heavy atom. The zero-order valence-electron chi connectivity index (χ0n) is 33.4. The Labute approximate surface area is 354 Å². The molecule has 0 spiro atoms. The molecule has 0 saturated heterocycles. The molecule has 2 heterocycles. The molecule has 0 bridgehead atoms. The average Bonchev–Trinajstić information content (AvgIpc) is 3.85. The molecule has 0 fully saturated rings. The molecule has 0 unspecified atom stereocenters. The van der Waals surface area contributed by atoms with E-state index >= 15 is 0 Å². The maximum atomic E-state index is 2.41. The number of hydrogen-bond acceptors (Lipinski definition) is 1. The number of aromatic nitrogens is 2. The molecule has 0 atom stereocenters. The van der Waals surface area contributed by atoms with Crippen LogP contribution >= 0.6 is 0 Å². The van der Waals surface area contributed by atoms with Crippen molar-refractivity contribution in [3.8, 4) is 33.6 Å². The highest BCUT2D eigenvalue weighted by molar-refractivity contribution is 6.10. The first-order chi connectivity index (χ1) is 30.3. The van der Waals surface area contributed by atoms with E-state index in [2.05, 4.69) is 251 Å². The van der Waals surface area contributed by atoms with Crippen molar-refractivity contribution in [2.24, 2.45) is 0 Å². The van der Waals surface area contributed by atoms with Gasteiger partial charge in [0.15, 0.2) is 0 Å². The molecule has 0 saturated carbocycles. The van der Waals surface area contributed by atoms with Gasteiger partial charge in [0.2, 0.25) is 0 Å². The summed E-state index contributed by atoms with van der Waals surface area (Å²) in [5, 5.41) is 7.46. The highest BCUT2D eigenvalue weighted by Crippen LogP contribution is 2.42. The van der Waals surface area contributed by atoms with Crippen LogP contribution in [-0.2, 0) is 0 Å². The Morgan fingerprint density at radius 3 is 1.36 bits per heavy atom. The zero-order chi connectivity index (χ0) is 40.3. The molecule has 61 heavy (non-hydrogen) atoms. The minimum Gasteiger partial charge on any atom is -0.310 e. The van der Waals surface area contributed by atoms with Gasteiger partial charge in [0.25, 0.3) is 0 Å². The van der Waals surface area contributed by atoms with Gasteiger partial charge in [-0.3, -0.25) is 0 Å². The van der Waals surface area contributed by atoms with E-state index in [-0.39, 0.29) is 0 Å². The highest BCUT2D eigenvalue weighted by Gasteiger charge is 2.19. The van der Waals surface area contributed by atoms with E-state index in [1.165, 1.54) is 71.1 Å². The quantitative estimate of drug-likeness (QED) is 0.157. The van der Waals surface area contributed by atoms with Crippen LogP contribution in [0.15, 0.2) is 237 Å². The molecule has 0 amide bonds. The number of para-hydroxylation sites is 5. The second kappa shape index (κ2) is 14.3. The van der Waals surface area contributed by atoms with E-state index in [0.29, 0.717) is 0 Å². The number of hydrogen-bond donors (Lipinski definition) is 0. The second-order valence-corrected chi connectivity index (χ2v) is 15.7. The predicted octanol–water partition coefficient (Wildman–Crippen LogP) is 15.8. The number of benzene rings is 10. The van der Waals surface area contributed by atoms with Crippen molar-refractivity contribution in [1.82, 2.24) is 9.13 Å². The van der Waals surface area contributed by atoms with Crippen molar-refractivity contribution in [3.63, 3.8) is 0 Å². The summed E-state index contributed by atoms with van der Waals surface area (Å²) in [6.07, 6.45) is 0. The fraction of sp³-hybridized carbons (Fsp3) is 0. The lowest BCUT2D eigenvalue weighted by molar-refractivity contribution is 1.18. The second-order valence-electron chi connectivity index (χ2n) is 15.7. The number of nitrogens with zero attached hydrogens (tertiary/aromatic N) is 3. The van der Waals surface area contributed by atoms with Crippen LogP contribution in [-0.4, -0.2) is 9.13 Å². The van der Waals surface area contributed by atoms with Gasteiger partial charge < -0.3 is 14.0 Å². The van der Waals surface area contributed by atoms with E-state index in [0.717, 1.165) is 34.0 Å². The largest absolute Gasteiger partial charge is 0.310 e. The van der Waals surface area contributed by atoms with Gasteiger partial charge in [0.1, 0.15) is 0 Å². The smallest absolute Gasteiger partial charge is 0.0541 e. The first-order valence-electron chi connectivity index (χ1n) is 20.9. The Balaban J connectivity index is 0.948. The lowest BCUT2D eigenvalue weighted by Crippen LogP contribution is -2.10. The Kier molecular flexibility index (Phi) is 8.17. The van der Waals surface area contributed by atoms with Gasteiger partial charge in [-0.05, 0) is 94.9 Å². The van der Waals surface area contributed by atoms with Gasteiger partial charge >= 0.3 is 0 Å². The molecular weight excluding hydrogens is 739 g/mol. The highest BCUT2D eigenvalue weighted by atomic mass is 15.1. The van der Waals surface area contributed by atoms with E-state index in [4.69, 9.17) is 0 Å². The monoisotopic (exact) mass is 777 g/mol. The molecule has 0 aliphatic heterocycles. The van der Waals surface area contributed by atoms with Crippen LogP contribution in [0.25, 0.3) is 88.0 Å². The van der Waals surface area contributed by atoms with Crippen LogP contribution < -0.4 is 4.90 Å². The van der Waals surface area contributed by atoms with Gasteiger partial charge in [0, 0.05) is 49.6 Å². The molecule has 286 valence electrons. The molecule has 0 aliphatic rings. The summed E-state index contributed by atoms with van der Waals surface area (Å²) in [6.45, 7) is 0. The third-order valence-electron chi connectivity index (χ3n) is 12.3. The fourth-order valence-corrected chi connectivity index (χ4v) is 9.54. The van der Waals surface area contributed by atoms with E-state index in [1.54, 1.807) is 0 Å². The Hall–Kier alpha value is -8.14. The summed E-state index contributed by atoms with van der Waals surface area (Å²) in [4.78, 5) is 2.39. The van der Waals surface area contributed by atoms with Gasteiger partial charge in [-0.15, -0.1) is 0 Å². The third kappa shape index (κ3) is 5.74. The van der Waals surface area contributed by atoms with Crippen LogP contribution in [0.2, 0.25) is 0 Å². The maximum Gasteiger partial charge on any atom is 0.0541 e. The summed E-state index contributed by atoms with van der Waals surface area (Å²) in [5.74, 6) is 0. The molecule has 0 N–H and O–H groups in total. The predicted molar refractivity (Wildman–Crippen MR) is 258 cm³/mol. The normalized spacial score (nSPS) is 11.6. The maximum absolute atomic E-state index is 2.41. The van der Waals surface area contributed by atoms with E-state index in [9.17, 15) is 0 Å². The molecule has 0 aliphatic carbocycles. The Morgan fingerprint density at radius 2 is 0.754 bits per heavy atom. The standard InChI is InChI=1S/C58H39N3/c1-2-19-47-41(15-1)16-14-30-53(47)59(44-35-31-40(32-36-44)43-17-13-18-46(39-43)60-55-26-9-4-21-49(55)50-22-5-10-27-56(50)60)45-37-33-42(34-38-45)48-20-3-8-25-54(48)61-57-28-11-6-23-51(57)52-24-7-12-29-58(52)61/h1-39H. The minimum atomic E-state index is 1.09. The first kappa shape index (κ1) is 34.9. The molecule has 3 heteroatoms. The van der Waals surface area contributed by atoms with Crippen LogP contribution in [0.3, 0.4) is 0 Å². The van der Waals surface area contributed by atoms with E-state index < -0.39 is 0 Å². The summed E-state index contributed by atoms with van der Waals surface area (Å²) < 4.78 is 4.80. The lowest BCUT2D eigenvalue weighted by atomic mass is 10.0. The Bertz CT molecular complexity index is 3480. The summed E-state index contributed by atoms with van der Waals surface area (Å²) in [5.41, 5.74) is 15.2. The van der Waals surface area contributed by atoms with Crippen LogP contribution in [0, 0.1) is 0 Å². The van der Waals surface area contributed by atoms with Crippen molar-refractivity contribution < 1.29 is 0 Å². The average molecular weight is 778 g/mol. The van der Waals surface area contributed by atoms with Gasteiger partial charge in [0.05, 0.1) is 33.4 Å². The topological polar surface area (TPSA) is 13.1 Å². The summed E-state index contributed by atoms with van der Waals surface area (Å²) in [6, 6.07) is 85.9. The lowest BCUT2D eigenvalue weighted by Gasteiger charge is -2.27. The molecule has 3 nitrogen and oxygen atoms in total. The fourth-order valence-electron chi connectivity index (χ4n) is 9.54. The summed E-state index contributed by atoms with van der Waals surface area (Å²) in [7, 11) is 0. The SMILES string of the molecule is c1cc(-c2ccc(N(c3ccc(-c4ccccc4-n4c5ccccc5c5ccccc54)cc3)c3cccc4ccccc34)cc2)cc(-n2c3ccccc3c3ccccc32)c1. The van der Waals surface area contributed by atoms with Gasteiger partial charge in [-0.1, -0.05) is 164 Å². The van der Waals surface area contributed by atoms with Crippen molar-refractivity contribution in [2.75, 3.05) is 4.90 Å². The molecular formula is C58H39N3. The van der Waals surface area contributed by atoms with Gasteiger partial charge in [-0.2, -0.15) is 0 Å². The first-order valence-corrected chi connectivity index (χ1v) is 20.9. The number of rotatable bonds is 7. The van der Waals surface area contributed by atoms with Crippen molar-refractivity contribution in [3.05, 3.63) is 237 Å². The van der Waals surface area contributed by atoms with Gasteiger partial charge in [-0.25, -0.2) is 0 Å². The van der Waals surface area contributed by atoms with Crippen molar-refractivity contribution in [1.29, 1.82) is 0 Å². The zero-order valence-corrected chi connectivity index (χ0v) is 33.4. The van der Waals surface area contributed by atoms with Crippen molar-refractivity contribution in [2.45, 2.75) is 0 Å². The summed E-state index contributed by atoms with van der Waals surface area (Å²) >= 11 is 0. The van der Waals surface area contributed by atoms with Crippen LogP contribution in [0.4, 0.5) is 17.1 Å². The molecule has 12 aromatic rings. The minimum absolute atomic E-state index is 1.09. The number of fused-ring (bicyclic) bond motifs is 7. The molecule has 12 rings (SSSR count). The molecule has 10 aromatic carbocycles. The molecule has 0 radical (unpaired) electrons.